The number of nitrogens with zero attached hydrogens (tertiary/aromatic N) is 3. The topological polar surface area (TPSA) is 70.6 Å². The molecule has 1 saturated heterocycles. The van der Waals surface area contributed by atoms with Crippen molar-refractivity contribution in [1.82, 2.24) is 9.29 Å². The van der Waals surface area contributed by atoms with Gasteiger partial charge < -0.3 is 4.90 Å². The summed E-state index contributed by atoms with van der Waals surface area (Å²) in [6, 6.07) is 10.7. The minimum atomic E-state index is -3.56. The number of rotatable bonds is 4. The van der Waals surface area contributed by atoms with Gasteiger partial charge in [0, 0.05) is 24.2 Å². The summed E-state index contributed by atoms with van der Waals surface area (Å²) in [5.74, 6) is 0.311. The molecule has 0 aliphatic carbocycles. The Bertz CT molecular complexity index is 956. The van der Waals surface area contributed by atoms with E-state index in [1.807, 2.05) is 24.3 Å². The molecule has 0 radical (unpaired) electrons. The number of amides is 1. The molecule has 28 heavy (non-hydrogen) atoms. The molecule has 1 aromatic heterocycles. The summed E-state index contributed by atoms with van der Waals surface area (Å²) in [5, 5.41) is 0. The lowest BCUT2D eigenvalue weighted by Crippen LogP contribution is -2.36. The van der Waals surface area contributed by atoms with Crippen LogP contribution in [-0.2, 0) is 21.4 Å². The number of carbonyl (C=O) groups excluding carboxylic acids is 1. The molecule has 0 bridgehead atoms. The molecule has 6 nitrogen and oxygen atoms in total. The van der Waals surface area contributed by atoms with Crippen LogP contribution in [0.25, 0.3) is 0 Å². The quantitative estimate of drug-likeness (QED) is 0.763. The highest BCUT2D eigenvalue weighted by Gasteiger charge is 2.30. The molecule has 148 valence electrons. The fourth-order valence-corrected chi connectivity index (χ4v) is 6.05. The van der Waals surface area contributed by atoms with Gasteiger partial charge in [0.15, 0.2) is 0 Å². The van der Waals surface area contributed by atoms with E-state index < -0.39 is 10.0 Å². The molecule has 0 spiro atoms. The number of anilines is 1. The number of aromatic nitrogens is 1. The zero-order valence-corrected chi connectivity index (χ0v) is 17.2. The largest absolute Gasteiger partial charge is 0.305 e. The molecule has 8 heteroatoms. The molecule has 1 amide bonds. The third-order valence-electron chi connectivity index (χ3n) is 5.12. The second-order valence-electron chi connectivity index (χ2n) is 7.04. The third kappa shape index (κ3) is 3.94. The molecule has 2 aromatic rings. The van der Waals surface area contributed by atoms with Crippen LogP contribution in [0.3, 0.4) is 0 Å². The van der Waals surface area contributed by atoms with Gasteiger partial charge in [0.05, 0.1) is 28.6 Å². The fourth-order valence-electron chi connectivity index (χ4n) is 3.60. The van der Waals surface area contributed by atoms with E-state index in [4.69, 9.17) is 0 Å². The van der Waals surface area contributed by atoms with Crippen molar-refractivity contribution in [1.29, 1.82) is 0 Å². The molecule has 3 heterocycles. The molecule has 2 aliphatic heterocycles. The van der Waals surface area contributed by atoms with Gasteiger partial charge in [-0.15, -0.1) is 11.8 Å². The monoisotopic (exact) mass is 417 g/mol. The molecule has 1 aromatic carbocycles. The highest BCUT2D eigenvalue weighted by molar-refractivity contribution is 8.00. The molecular weight excluding hydrogens is 394 g/mol. The van der Waals surface area contributed by atoms with Crippen LogP contribution in [0.4, 0.5) is 5.69 Å². The second kappa shape index (κ2) is 8.23. The number of sulfonamides is 1. The van der Waals surface area contributed by atoms with Crippen molar-refractivity contribution < 1.29 is 13.2 Å². The summed E-state index contributed by atoms with van der Waals surface area (Å²) in [6.07, 6.45) is 5.62. The van der Waals surface area contributed by atoms with Crippen molar-refractivity contribution >= 4 is 33.4 Å². The maximum absolute atomic E-state index is 13.2. The zero-order chi connectivity index (χ0) is 19.6. The number of hydrogen-bond acceptors (Lipinski definition) is 5. The van der Waals surface area contributed by atoms with Gasteiger partial charge in [0.25, 0.3) is 0 Å². The first-order valence-electron chi connectivity index (χ1n) is 9.53. The van der Waals surface area contributed by atoms with Crippen molar-refractivity contribution in [3.8, 4) is 0 Å². The zero-order valence-electron chi connectivity index (χ0n) is 15.6. The van der Waals surface area contributed by atoms with Crippen molar-refractivity contribution in [3.05, 3.63) is 48.3 Å². The Labute approximate surface area is 170 Å². The molecule has 0 saturated carbocycles. The summed E-state index contributed by atoms with van der Waals surface area (Å²) in [7, 11) is -3.56. The van der Waals surface area contributed by atoms with E-state index in [0.717, 1.165) is 36.3 Å². The Kier molecular flexibility index (Phi) is 5.70. The van der Waals surface area contributed by atoms with Gasteiger partial charge >= 0.3 is 0 Å². The van der Waals surface area contributed by atoms with Crippen LogP contribution in [0.2, 0.25) is 0 Å². The van der Waals surface area contributed by atoms with E-state index in [2.05, 4.69) is 4.98 Å². The summed E-state index contributed by atoms with van der Waals surface area (Å²) in [5.41, 5.74) is 1.43. The molecule has 4 rings (SSSR count). The van der Waals surface area contributed by atoms with Crippen LogP contribution in [0.1, 0.15) is 31.4 Å². The standard InChI is InChI=1S/C20H23N3O3S2/c24-20-15-27-19-9-8-17(28(25,26)22-11-5-1-2-6-12-22)13-18(19)23(20)14-16-7-3-4-10-21-16/h3-4,7-10,13H,1-2,5-6,11-12,14-15H2. The smallest absolute Gasteiger partial charge is 0.243 e. The lowest BCUT2D eigenvalue weighted by Gasteiger charge is -2.29. The van der Waals surface area contributed by atoms with Crippen molar-refractivity contribution in [2.24, 2.45) is 0 Å². The average molecular weight is 418 g/mol. The number of pyridine rings is 1. The van der Waals surface area contributed by atoms with E-state index in [1.54, 1.807) is 27.5 Å². The number of benzene rings is 1. The Balaban J connectivity index is 1.68. The van der Waals surface area contributed by atoms with Gasteiger partial charge in [-0.3, -0.25) is 9.78 Å². The lowest BCUT2D eigenvalue weighted by molar-refractivity contribution is -0.116. The Morgan fingerprint density at radius 3 is 2.54 bits per heavy atom. The van der Waals surface area contributed by atoms with E-state index in [9.17, 15) is 13.2 Å². The Morgan fingerprint density at radius 1 is 1.04 bits per heavy atom. The summed E-state index contributed by atoms with van der Waals surface area (Å²) < 4.78 is 27.9. The number of fused-ring (bicyclic) bond motifs is 1. The predicted molar refractivity (Wildman–Crippen MR) is 110 cm³/mol. The summed E-state index contributed by atoms with van der Waals surface area (Å²) in [4.78, 5) is 19.7. The van der Waals surface area contributed by atoms with Gasteiger partial charge in [-0.2, -0.15) is 4.31 Å². The van der Waals surface area contributed by atoms with Crippen LogP contribution in [0, 0.1) is 0 Å². The van der Waals surface area contributed by atoms with Gasteiger partial charge in [-0.1, -0.05) is 18.9 Å². The minimum Gasteiger partial charge on any atom is -0.305 e. The molecular formula is C20H23N3O3S2. The van der Waals surface area contributed by atoms with Crippen LogP contribution >= 0.6 is 11.8 Å². The van der Waals surface area contributed by atoms with Crippen LogP contribution in [-0.4, -0.2) is 42.5 Å². The summed E-state index contributed by atoms with van der Waals surface area (Å²) in [6.45, 7) is 1.45. The lowest BCUT2D eigenvalue weighted by atomic mass is 10.2. The summed E-state index contributed by atoms with van der Waals surface area (Å²) >= 11 is 1.45. The Morgan fingerprint density at radius 2 is 1.82 bits per heavy atom. The molecule has 0 atom stereocenters. The van der Waals surface area contributed by atoms with Gasteiger partial charge in [0.1, 0.15) is 0 Å². The highest BCUT2D eigenvalue weighted by atomic mass is 32.2. The number of thioether (sulfide) groups is 1. The first kappa shape index (κ1) is 19.4. The fraction of sp³-hybridized carbons (Fsp3) is 0.400. The number of carbonyl (C=O) groups is 1. The average Bonchev–Trinajstić information content (AvgIpc) is 3.01. The van der Waals surface area contributed by atoms with Crippen molar-refractivity contribution in [3.63, 3.8) is 0 Å². The second-order valence-corrected chi connectivity index (χ2v) is 9.99. The minimum absolute atomic E-state index is 0.0347. The Hall–Kier alpha value is -1.90. The number of hydrogen-bond donors (Lipinski definition) is 0. The maximum Gasteiger partial charge on any atom is 0.243 e. The van der Waals surface area contributed by atoms with Crippen molar-refractivity contribution in [2.45, 2.75) is 42.0 Å². The van der Waals surface area contributed by atoms with Gasteiger partial charge in [-0.05, 0) is 43.2 Å². The van der Waals surface area contributed by atoms with E-state index >= 15 is 0 Å². The first-order valence-corrected chi connectivity index (χ1v) is 12.0. The SMILES string of the molecule is O=C1CSc2ccc(S(=O)(=O)N3CCCCCC3)cc2N1Cc1ccccn1. The molecule has 0 unspecified atom stereocenters. The van der Waals surface area contributed by atoms with E-state index in [0.29, 0.717) is 31.1 Å². The van der Waals surface area contributed by atoms with Gasteiger partial charge in [0.2, 0.25) is 15.9 Å². The predicted octanol–water partition coefficient (Wildman–Crippen LogP) is 3.29. The van der Waals surface area contributed by atoms with Gasteiger partial charge in [-0.25, -0.2) is 8.42 Å². The molecule has 2 aliphatic rings. The normalized spacial score (nSPS) is 18.6. The van der Waals surface area contributed by atoms with Crippen LogP contribution in [0.5, 0.6) is 0 Å². The third-order valence-corrected chi connectivity index (χ3v) is 8.06. The van der Waals surface area contributed by atoms with Crippen molar-refractivity contribution in [2.75, 3.05) is 23.7 Å². The van der Waals surface area contributed by atoms with Crippen LogP contribution < -0.4 is 4.90 Å². The highest BCUT2D eigenvalue weighted by Crippen LogP contribution is 2.38. The first-order chi connectivity index (χ1) is 13.6. The van der Waals surface area contributed by atoms with Crippen LogP contribution in [0.15, 0.2) is 52.4 Å². The maximum atomic E-state index is 13.2. The van der Waals surface area contributed by atoms with E-state index in [1.165, 1.54) is 11.8 Å². The molecule has 1 fully saturated rings. The van der Waals surface area contributed by atoms with E-state index in [-0.39, 0.29) is 10.8 Å². The molecule has 0 N–H and O–H groups in total.